The van der Waals surface area contributed by atoms with Gasteiger partial charge in [0.15, 0.2) is 0 Å². The van der Waals surface area contributed by atoms with Crippen LogP contribution in [-0.4, -0.2) is 65.7 Å². The molecular weight excluding hydrogens is 234 g/mol. The van der Waals surface area contributed by atoms with Gasteiger partial charge in [-0.1, -0.05) is 6.92 Å². The number of amides is 2. The van der Waals surface area contributed by atoms with Gasteiger partial charge < -0.3 is 20.2 Å². The van der Waals surface area contributed by atoms with Gasteiger partial charge in [0, 0.05) is 19.1 Å². The Balaban J connectivity index is 2.66. The van der Waals surface area contributed by atoms with Gasteiger partial charge in [-0.05, 0) is 33.4 Å². The summed E-state index contributed by atoms with van der Waals surface area (Å²) in [6, 6.07) is -0.971. The van der Waals surface area contributed by atoms with E-state index in [2.05, 4.69) is 10.2 Å². The highest BCUT2D eigenvalue weighted by molar-refractivity contribution is 5.82. The van der Waals surface area contributed by atoms with Gasteiger partial charge in [0.05, 0.1) is 0 Å². The first-order valence-electron chi connectivity index (χ1n) is 6.44. The van der Waals surface area contributed by atoms with Crippen molar-refractivity contribution in [3.05, 3.63) is 0 Å². The first-order chi connectivity index (χ1) is 8.45. The van der Waals surface area contributed by atoms with E-state index in [0.29, 0.717) is 6.54 Å². The SMILES string of the molecule is CCC1CN(C)CCCN1C(=O)N[C@@H](C)C(=O)O. The molecule has 1 rings (SSSR count). The largest absolute Gasteiger partial charge is 0.480 e. The van der Waals surface area contributed by atoms with Gasteiger partial charge in [-0.25, -0.2) is 4.79 Å². The number of carbonyl (C=O) groups is 2. The highest BCUT2D eigenvalue weighted by atomic mass is 16.4. The number of hydrogen-bond donors (Lipinski definition) is 2. The fourth-order valence-electron chi connectivity index (χ4n) is 2.19. The Labute approximate surface area is 108 Å². The maximum absolute atomic E-state index is 12.1. The second-order valence-electron chi connectivity index (χ2n) is 4.88. The second kappa shape index (κ2) is 6.58. The highest BCUT2D eigenvalue weighted by Crippen LogP contribution is 2.12. The number of carboxylic acid groups (broad SMARTS) is 1. The Morgan fingerprint density at radius 2 is 2.11 bits per heavy atom. The summed E-state index contributed by atoms with van der Waals surface area (Å²) in [4.78, 5) is 26.8. The molecule has 1 aliphatic rings. The number of rotatable bonds is 3. The molecule has 2 atom stereocenters. The number of carbonyl (C=O) groups excluding carboxylic acids is 1. The van der Waals surface area contributed by atoms with Gasteiger partial charge in [-0.2, -0.15) is 0 Å². The van der Waals surface area contributed by atoms with Gasteiger partial charge in [0.2, 0.25) is 0 Å². The van der Waals surface area contributed by atoms with Gasteiger partial charge >= 0.3 is 12.0 Å². The number of nitrogens with zero attached hydrogens (tertiary/aromatic N) is 2. The molecule has 1 fully saturated rings. The standard InChI is InChI=1S/C12H23N3O3/c1-4-10-8-14(3)6-5-7-15(10)12(18)13-9(2)11(16)17/h9-10H,4-8H2,1-3H3,(H,13,18)(H,16,17)/t9-,10?/m0/s1. The van der Waals surface area contributed by atoms with Crippen molar-refractivity contribution >= 4 is 12.0 Å². The molecule has 6 nitrogen and oxygen atoms in total. The summed E-state index contributed by atoms with van der Waals surface area (Å²) in [6.07, 6.45) is 1.79. The van der Waals surface area contributed by atoms with Crippen molar-refractivity contribution in [3.63, 3.8) is 0 Å². The first kappa shape index (κ1) is 14.8. The third kappa shape index (κ3) is 3.87. The summed E-state index contributed by atoms with van der Waals surface area (Å²) in [5.41, 5.74) is 0. The van der Waals surface area contributed by atoms with Crippen LogP contribution >= 0.6 is 0 Å². The van der Waals surface area contributed by atoms with E-state index in [-0.39, 0.29) is 12.1 Å². The second-order valence-corrected chi connectivity index (χ2v) is 4.88. The summed E-state index contributed by atoms with van der Waals surface area (Å²) in [7, 11) is 2.05. The number of likely N-dealkylation sites (N-methyl/N-ethyl adjacent to an activating group) is 1. The van der Waals surface area contributed by atoms with E-state index in [4.69, 9.17) is 5.11 Å². The maximum atomic E-state index is 12.1. The molecule has 1 unspecified atom stereocenters. The van der Waals surface area contributed by atoms with Crippen LogP contribution in [0.4, 0.5) is 4.79 Å². The van der Waals surface area contributed by atoms with Crippen molar-refractivity contribution < 1.29 is 14.7 Å². The number of urea groups is 1. The normalized spacial score (nSPS) is 23.3. The molecule has 2 amide bonds. The lowest BCUT2D eigenvalue weighted by atomic mass is 10.2. The minimum atomic E-state index is -1.01. The summed E-state index contributed by atoms with van der Waals surface area (Å²) < 4.78 is 0. The Hall–Kier alpha value is -1.30. The van der Waals surface area contributed by atoms with Gasteiger partial charge in [0.1, 0.15) is 6.04 Å². The number of nitrogens with one attached hydrogen (secondary N) is 1. The Kier molecular flexibility index (Phi) is 5.40. The number of carboxylic acids is 1. The first-order valence-corrected chi connectivity index (χ1v) is 6.44. The van der Waals surface area contributed by atoms with Crippen molar-refractivity contribution in [2.24, 2.45) is 0 Å². The van der Waals surface area contributed by atoms with Crippen molar-refractivity contribution in [1.29, 1.82) is 0 Å². The summed E-state index contributed by atoms with van der Waals surface area (Å²) in [5.74, 6) is -1.01. The molecule has 0 aromatic carbocycles. The highest BCUT2D eigenvalue weighted by Gasteiger charge is 2.27. The van der Waals surface area contributed by atoms with E-state index in [0.717, 1.165) is 25.9 Å². The van der Waals surface area contributed by atoms with E-state index in [1.54, 1.807) is 4.90 Å². The van der Waals surface area contributed by atoms with Crippen LogP contribution in [0.1, 0.15) is 26.7 Å². The Morgan fingerprint density at radius 1 is 1.44 bits per heavy atom. The van der Waals surface area contributed by atoms with Gasteiger partial charge in [-0.3, -0.25) is 4.79 Å². The molecule has 0 aromatic heterocycles. The van der Waals surface area contributed by atoms with Crippen molar-refractivity contribution in [2.75, 3.05) is 26.7 Å². The molecule has 0 saturated carbocycles. The van der Waals surface area contributed by atoms with Crippen LogP contribution in [0.15, 0.2) is 0 Å². The molecule has 0 spiro atoms. The molecular formula is C12H23N3O3. The summed E-state index contributed by atoms with van der Waals surface area (Å²) >= 11 is 0. The third-order valence-corrected chi connectivity index (χ3v) is 3.34. The fourth-order valence-corrected chi connectivity index (χ4v) is 2.19. The number of hydrogen-bond acceptors (Lipinski definition) is 3. The zero-order valence-electron chi connectivity index (χ0n) is 11.3. The molecule has 0 bridgehead atoms. The molecule has 0 radical (unpaired) electrons. The lowest BCUT2D eigenvalue weighted by molar-refractivity contribution is -0.138. The average molecular weight is 257 g/mol. The zero-order chi connectivity index (χ0) is 13.7. The van der Waals surface area contributed by atoms with Gasteiger partial charge in [-0.15, -0.1) is 0 Å². The van der Waals surface area contributed by atoms with Crippen LogP contribution < -0.4 is 5.32 Å². The molecule has 0 aromatic rings. The molecule has 0 aliphatic carbocycles. The third-order valence-electron chi connectivity index (χ3n) is 3.34. The van der Waals surface area contributed by atoms with Crippen LogP contribution in [0, 0.1) is 0 Å². The van der Waals surface area contributed by atoms with E-state index in [9.17, 15) is 9.59 Å². The van der Waals surface area contributed by atoms with Crippen LogP contribution in [0.3, 0.4) is 0 Å². The predicted molar refractivity (Wildman–Crippen MR) is 68.5 cm³/mol. The minimum absolute atomic E-state index is 0.151. The van der Waals surface area contributed by atoms with Crippen LogP contribution in [0.2, 0.25) is 0 Å². The summed E-state index contributed by atoms with van der Waals surface area (Å²) in [5, 5.41) is 11.3. The Morgan fingerprint density at radius 3 is 2.67 bits per heavy atom. The van der Waals surface area contributed by atoms with Crippen LogP contribution in [-0.2, 0) is 4.79 Å². The zero-order valence-corrected chi connectivity index (χ0v) is 11.3. The topological polar surface area (TPSA) is 72.9 Å². The lowest BCUT2D eigenvalue weighted by Crippen LogP contribution is -2.51. The number of aliphatic carboxylic acids is 1. The molecule has 6 heteroatoms. The van der Waals surface area contributed by atoms with E-state index in [1.165, 1.54) is 6.92 Å². The molecule has 1 saturated heterocycles. The monoisotopic (exact) mass is 257 g/mol. The van der Waals surface area contributed by atoms with E-state index < -0.39 is 12.0 Å². The smallest absolute Gasteiger partial charge is 0.325 e. The quantitative estimate of drug-likeness (QED) is 0.776. The molecule has 18 heavy (non-hydrogen) atoms. The van der Waals surface area contributed by atoms with E-state index >= 15 is 0 Å². The maximum Gasteiger partial charge on any atom is 0.325 e. The predicted octanol–water partition coefficient (Wildman–Crippen LogP) is 0.585. The molecule has 1 heterocycles. The van der Waals surface area contributed by atoms with Crippen LogP contribution in [0.25, 0.3) is 0 Å². The fraction of sp³-hybridized carbons (Fsp3) is 0.833. The summed E-state index contributed by atoms with van der Waals surface area (Å²) in [6.45, 7) is 6.01. The van der Waals surface area contributed by atoms with E-state index in [1.807, 2.05) is 14.0 Å². The minimum Gasteiger partial charge on any atom is -0.480 e. The van der Waals surface area contributed by atoms with Crippen molar-refractivity contribution in [3.8, 4) is 0 Å². The molecule has 104 valence electrons. The van der Waals surface area contributed by atoms with Gasteiger partial charge in [0.25, 0.3) is 0 Å². The van der Waals surface area contributed by atoms with Crippen molar-refractivity contribution in [2.45, 2.75) is 38.8 Å². The average Bonchev–Trinajstić information content (AvgIpc) is 2.50. The van der Waals surface area contributed by atoms with Crippen LogP contribution in [0.5, 0.6) is 0 Å². The Bertz CT molecular complexity index is 309. The molecule has 2 N–H and O–H groups in total. The van der Waals surface area contributed by atoms with Crippen molar-refractivity contribution in [1.82, 2.24) is 15.1 Å². The lowest BCUT2D eigenvalue weighted by Gasteiger charge is -2.30. The molecule has 1 aliphatic heterocycles.